The summed E-state index contributed by atoms with van der Waals surface area (Å²) in [5.74, 6) is 0. The van der Waals surface area contributed by atoms with E-state index in [1.54, 1.807) is 0 Å². The van der Waals surface area contributed by atoms with Crippen LogP contribution in [0.3, 0.4) is 0 Å². The predicted octanol–water partition coefficient (Wildman–Crippen LogP) is 1.94. The van der Waals surface area contributed by atoms with E-state index in [0.717, 1.165) is 25.9 Å². The molecule has 1 rings (SSSR count). The number of aliphatic hydroxyl groups is 1. The Balaban J connectivity index is 2.51. The standard InChI is InChI=1S/C13H27NO2/c1-5-10(9-15)14-11-8-12(16-7-3)13(11,4)6-2/h10-12,14-15H,5-9H2,1-4H3. The topological polar surface area (TPSA) is 41.5 Å². The number of rotatable bonds is 7. The van der Waals surface area contributed by atoms with Crippen LogP contribution in [0.5, 0.6) is 0 Å². The lowest BCUT2D eigenvalue weighted by Crippen LogP contribution is -2.64. The Morgan fingerprint density at radius 2 is 2.12 bits per heavy atom. The van der Waals surface area contributed by atoms with Crippen molar-refractivity contribution >= 4 is 0 Å². The molecule has 2 N–H and O–H groups in total. The van der Waals surface area contributed by atoms with Crippen molar-refractivity contribution in [1.29, 1.82) is 0 Å². The second-order valence-corrected chi connectivity index (χ2v) is 5.05. The first-order valence-corrected chi connectivity index (χ1v) is 6.60. The van der Waals surface area contributed by atoms with Gasteiger partial charge in [0.1, 0.15) is 0 Å². The Labute approximate surface area is 99.6 Å². The Kier molecular flexibility index (Phi) is 5.22. The summed E-state index contributed by atoms with van der Waals surface area (Å²) >= 11 is 0. The first-order chi connectivity index (χ1) is 7.62. The smallest absolute Gasteiger partial charge is 0.0658 e. The first kappa shape index (κ1) is 13.9. The molecule has 0 saturated heterocycles. The molecule has 3 nitrogen and oxygen atoms in total. The van der Waals surface area contributed by atoms with Crippen LogP contribution in [0.1, 0.15) is 47.0 Å². The molecule has 0 bridgehead atoms. The van der Waals surface area contributed by atoms with E-state index in [9.17, 15) is 5.11 Å². The van der Waals surface area contributed by atoms with Gasteiger partial charge < -0.3 is 15.2 Å². The minimum absolute atomic E-state index is 0.228. The zero-order valence-corrected chi connectivity index (χ0v) is 11.1. The normalized spacial score (nSPS) is 35.8. The van der Waals surface area contributed by atoms with Crippen molar-refractivity contribution in [2.45, 2.75) is 65.1 Å². The number of hydrogen-bond donors (Lipinski definition) is 2. The van der Waals surface area contributed by atoms with Gasteiger partial charge in [0.05, 0.1) is 12.7 Å². The molecule has 1 saturated carbocycles. The average Bonchev–Trinajstić information content (AvgIpc) is 2.32. The summed E-state index contributed by atoms with van der Waals surface area (Å²) in [5, 5.41) is 12.8. The second-order valence-electron chi connectivity index (χ2n) is 5.05. The number of nitrogens with one attached hydrogen (secondary N) is 1. The Hall–Kier alpha value is -0.120. The summed E-state index contributed by atoms with van der Waals surface area (Å²) in [6.45, 7) is 9.70. The fraction of sp³-hybridized carbons (Fsp3) is 1.00. The molecule has 0 heterocycles. The van der Waals surface area contributed by atoms with E-state index in [-0.39, 0.29) is 18.1 Å². The largest absolute Gasteiger partial charge is 0.395 e. The van der Waals surface area contributed by atoms with Gasteiger partial charge >= 0.3 is 0 Å². The maximum atomic E-state index is 9.21. The van der Waals surface area contributed by atoms with Crippen molar-refractivity contribution in [3.63, 3.8) is 0 Å². The average molecular weight is 229 g/mol. The van der Waals surface area contributed by atoms with E-state index in [1.807, 2.05) is 0 Å². The van der Waals surface area contributed by atoms with E-state index >= 15 is 0 Å². The molecule has 1 fully saturated rings. The van der Waals surface area contributed by atoms with Crippen LogP contribution >= 0.6 is 0 Å². The number of aliphatic hydroxyl groups excluding tert-OH is 1. The molecule has 3 heteroatoms. The van der Waals surface area contributed by atoms with Crippen LogP contribution in [-0.2, 0) is 4.74 Å². The van der Waals surface area contributed by atoms with Gasteiger partial charge in [-0.1, -0.05) is 20.8 Å². The lowest BCUT2D eigenvalue weighted by molar-refractivity contribution is -0.129. The van der Waals surface area contributed by atoms with Crippen molar-refractivity contribution in [3.8, 4) is 0 Å². The van der Waals surface area contributed by atoms with E-state index in [0.29, 0.717) is 12.1 Å². The van der Waals surface area contributed by atoms with Crippen LogP contribution in [0.15, 0.2) is 0 Å². The maximum absolute atomic E-state index is 9.21. The summed E-state index contributed by atoms with van der Waals surface area (Å²) in [6.07, 6.45) is 3.56. The third kappa shape index (κ3) is 2.58. The van der Waals surface area contributed by atoms with Crippen molar-refractivity contribution in [2.24, 2.45) is 5.41 Å². The quantitative estimate of drug-likeness (QED) is 0.701. The monoisotopic (exact) mass is 229 g/mol. The lowest BCUT2D eigenvalue weighted by atomic mass is 9.61. The van der Waals surface area contributed by atoms with E-state index in [2.05, 4.69) is 33.0 Å². The molecule has 0 spiro atoms. The van der Waals surface area contributed by atoms with Crippen molar-refractivity contribution in [2.75, 3.05) is 13.2 Å². The van der Waals surface area contributed by atoms with Gasteiger partial charge in [0, 0.05) is 24.1 Å². The Bertz CT molecular complexity index is 206. The van der Waals surface area contributed by atoms with Crippen LogP contribution in [-0.4, -0.2) is 36.5 Å². The number of ether oxygens (including phenoxy) is 1. The number of hydrogen-bond acceptors (Lipinski definition) is 3. The summed E-state index contributed by atoms with van der Waals surface area (Å²) in [4.78, 5) is 0. The van der Waals surface area contributed by atoms with Crippen molar-refractivity contribution in [1.82, 2.24) is 5.32 Å². The van der Waals surface area contributed by atoms with Gasteiger partial charge in [0.2, 0.25) is 0 Å². The van der Waals surface area contributed by atoms with Gasteiger partial charge in [-0.25, -0.2) is 0 Å². The third-order valence-electron chi connectivity index (χ3n) is 4.26. The maximum Gasteiger partial charge on any atom is 0.0658 e. The predicted molar refractivity (Wildman–Crippen MR) is 66.5 cm³/mol. The van der Waals surface area contributed by atoms with Crippen LogP contribution < -0.4 is 5.32 Å². The molecule has 16 heavy (non-hydrogen) atoms. The molecular weight excluding hydrogens is 202 g/mol. The summed E-state index contributed by atoms with van der Waals surface area (Å²) in [6, 6.07) is 0.726. The molecule has 0 aliphatic heterocycles. The Morgan fingerprint density at radius 1 is 1.44 bits per heavy atom. The van der Waals surface area contributed by atoms with Gasteiger partial charge in [-0.15, -0.1) is 0 Å². The molecular formula is C13H27NO2. The molecule has 1 aliphatic rings. The molecule has 4 unspecified atom stereocenters. The fourth-order valence-corrected chi connectivity index (χ4v) is 2.59. The molecule has 0 aromatic rings. The molecule has 0 amide bonds. The molecule has 1 aliphatic carbocycles. The highest BCUT2D eigenvalue weighted by Gasteiger charge is 2.51. The Morgan fingerprint density at radius 3 is 2.56 bits per heavy atom. The van der Waals surface area contributed by atoms with Gasteiger partial charge in [-0.3, -0.25) is 0 Å². The lowest BCUT2D eigenvalue weighted by Gasteiger charge is -2.54. The van der Waals surface area contributed by atoms with Crippen LogP contribution in [0.25, 0.3) is 0 Å². The highest BCUT2D eigenvalue weighted by molar-refractivity contribution is 5.05. The third-order valence-corrected chi connectivity index (χ3v) is 4.26. The minimum atomic E-state index is 0.228. The zero-order valence-electron chi connectivity index (χ0n) is 11.1. The van der Waals surface area contributed by atoms with Crippen molar-refractivity contribution in [3.05, 3.63) is 0 Å². The minimum Gasteiger partial charge on any atom is -0.395 e. The van der Waals surface area contributed by atoms with Gasteiger partial charge in [-0.2, -0.15) is 0 Å². The second kappa shape index (κ2) is 5.99. The van der Waals surface area contributed by atoms with E-state index in [1.165, 1.54) is 0 Å². The summed E-state index contributed by atoms with van der Waals surface area (Å²) in [7, 11) is 0. The fourth-order valence-electron chi connectivity index (χ4n) is 2.59. The zero-order chi connectivity index (χ0) is 12.2. The molecule has 0 aromatic heterocycles. The van der Waals surface area contributed by atoms with Gasteiger partial charge in [0.15, 0.2) is 0 Å². The van der Waals surface area contributed by atoms with Gasteiger partial charge in [-0.05, 0) is 26.2 Å². The highest BCUT2D eigenvalue weighted by atomic mass is 16.5. The highest BCUT2D eigenvalue weighted by Crippen LogP contribution is 2.46. The summed E-state index contributed by atoms with van der Waals surface area (Å²) < 4.78 is 5.76. The van der Waals surface area contributed by atoms with Crippen LogP contribution in [0, 0.1) is 5.41 Å². The molecule has 4 atom stereocenters. The van der Waals surface area contributed by atoms with E-state index in [4.69, 9.17) is 4.74 Å². The van der Waals surface area contributed by atoms with E-state index < -0.39 is 0 Å². The SMILES string of the molecule is CCOC1CC(NC(CC)CO)C1(C)CC. The van der Waals surface area contributed by atoms with Gasteiger partial charge in [0.25, 0.3) is 0 Å². The molecule has 96 valence electrons. The van der Waals surface area contributed by atoms with Crippen LogP contribution in [0.4, 0.5) is 0 Å². The van der Waals surface area contributed by atoms with Crippen molar-refractivity contribution < 1.29 is 9.84 Å². The summed E-state index contributed by atoms with van der Waals surface area (Å²) in [5.41, 5.74) is 0.235. The first-order valence-electron chi connectivity index (χ1n) is 6.60. The molecule has 0 radical (unpaired) electrons. The molecule has 0 aromatic carbocycles. The van der Waals surface area contributed by atoms with Crippen LogP contribution in [0.2, 0.25) is 0 Å².